The van der Waals surface area contributed by atoms with E-state index in [1.807, 2.05) is 6.92 Å². The first-order valence-electron chi connectivity index (χ1n) is 4.83. The van der Waals surface area contributed by atoms with Gasteiger partial charge in [0.15, 0.2) is 6.29 Å². The van der Waals surface area contributed by atoms with Gasteiger partial charge in [-0.3, -0.25) is 4.79 Å². The molecule has 0 unspecified atom stereocenters. The summed E-state index contributed by atoms with van der Waals surface area (Å²) < 4.78 is 0. The third-order valence-corrected chi connectivity index (χ3v) is 2.89. The molecule has 0 spiro atoms. The Bertz CT molecular complexity index is 467. The number of carbonyl (C=O) groups is 1. The van der Waals surface area contributed by atoms with E-state index in [1.54, 1.807) is 12.1 Å². The number of aryl methyl sites for hydroxylation is 1. The predicted octanol–water partition coefficient (Wildman–Crippen LogP) is 2.07. The maximum absolute atomic E-state index is 10.7. The van der Waals surface area contributed by atoms with Crippen molar-refractivity contribution in [2.24, 2.45) is 0 Å². The van der Waals surface area contributed by atoms with E-state index >= 15 is 0 Å². The molecule has 1 N–H and O–H groups in total. The first kappa shape index (κ1) is 9.72. The average molecular weight is 201 g/mol. The number of nitriles is 1. The fraction of sp³-hybridized carbons (Fsp3) is 0.333. The topological polar surface area (TPSA) is 61.1 Å². The van der Waals surface area contributed by atoms with Crippen molar-refractivity contribution in [2.45, 2.75) is 25.2 Å². The molecular formula is C12H11NO2. The van der Waals surface area contributed by atoms with Crippen LogP contribution >= 0.6 is 0 Å². The first-order chi connectivity index (χ1) is 7.13. The van der Waals surface area contributed by atoms with Crippen molar-refractivity contribution in [3.05, 3.63) is 28.8 Å². The van der Waals surface area contributed by atoms with E-state index in [2.05, 4.69) is 6.07 Å². The van der Waals surface area contributed by atoms with Crippen LogP contribution in [0.3, 0.4) is 0 Å². The Morgan fingerprint density at radius 3 is 2.67 bits per heavy atom. The van der Waals surface area contributed by atoms with Crippen molar-refractivity contribution in [2.75, 3.05) is 0 Å². The second kappa shape index (κ2) is 3.09. The SMILES string of the molecule is Cc1cc(C=O)c(O)c(C2(C#N)CC2)c1. The zero-order valence-electron chi connectivity index (χ0n) is 8.45. The fourth-order valence-corrected chi connectivity index (χ4v) is 1.83. The van der Waals surface area contributed by atoms with E-state index in [1.165, 1.54) is 0 Å². The van der Waals surface area contributed by atoms with Crippen LogP contribution in [-0.4, -0.2) is 11.4 Å². The third kappa shape index (κ3) is 1.39. The number of aldehydes is 1. The minimum atomic E-state index is -0.548. The number of benzene rings is 1. The van der Waals surface area contributed by atoms with E-state index < -0.39 is 5.41 Å². The van der Waals surface area contributed by atoms with Crippen LogP contribution in [-0.2, 0) is 5.41 Å². The molecule has 1 aliphatic carbocycles. The molecule has 1 aliphatic rings. The van der Waals surface area contributed by atoms with Crippen LogP contribution < -0.4 is 0 Å². The van der Waals surface area contributed by atoms with Crippen LogP contribution in [0.4, 0.5) is 0 Å². The Morgan fingerprint density at radius 2 is 2.20 bits per heavy atom. The average Bonchev–Trinajstić information content (AvgIpc) is 3.01. The van der Waals surface area contributed by atoms with Crippen molar-refractivity contribution < 1.29 is 9.90 Å². The molecule has 0 aromatic heterocycles. The van der Waals surface area contributed by atoms with Gasteiger partial charge in [-0.1, -0.05) is 6.07 Å². The van der Waals surface area contributed by atoms with Crippen molar-refractivity contribution in [3.63, 3.8) is 0 Å². The normalized spacial score (nSPS) is 16.8. The Kier molecular flexibility index (Phi) is 2.01. The second-order valence-corrected chi connectivity index (χ2v) is 4.06. The number of phenolic OH excluding ortho intramolecular Hbond substituents is 1. The van der Waals surface area contributed by atoms with Gasteiger partial charge in [-0.25, -0.2) is 0 Å². The third-order valence-electron chi connectivity index (χ3n) is 2.89. The maximum Gasteiger partial charge on any atom is 0.153 e. The van der Waals surface area contributed by atoms with Gasteiger partial charge in [-0.05, 0) is 31.4 Å². The highest BCUT2D eigenvalue weighted by Crippen LogP contribution is 2.51. The zero-order chi connectivity index (χ0) is 11.1. The number of phenols is 1. The monoisotopic (exact) mass is 201 g/mol. The van der Waals surface area contributed by atoms with Crippen molar-refractivity contribution in [1.29, 1.82) is 5.26 Å². The van der Waals surface area contributed by atoms with Gasteiger partial charge in [-0.2, -0.15) is 5.26 Å². The largest absolute Gasteiger partial charge is 0.507 e. The number of rotatable bonds is 2. The lowest BCUT2D eigenvalue weighted by Gasteiger charge is -2.11. The Labute approximate surface area is 88.0 Å². The summed E-state index contributed by atoms with van der Waals surface area (Å²) in [5.41, 5.74) is 1.22. The number of hydrogen-bond donors (Lipinski definition) is 1. The molecule has 0 bridgehead atoms. The summed E-state index contributed by atoms with van der Waals surface area (Å²) in [5.74, 6) is -0.0327. The molecule has 0 aliphatic heterocycles. The standard InChI is InChI=1S/C12H11NO2/c1-8-4-9(6-14)11(15)10(5-8)12(7-13)2-3-12/h4-6,15H,2-3H2,1H3. The van der Waals surface area contributed by atoms with Crippen LogP contribution in [0.1, 0.15) is 34.3 Å². The first-order valence-corrected chi connectivity index (χ1v) is 4.83. The van der Waals surface area contributed by atoms with Crippen LogP contribution in [0.2, 0.25) is 0 Å². The fourth-order valence-electron chi connectivity index (χ4n) is 1.83. The van der Waals surface area contributed by atoms with E-state index in [9.17, 15) is 9.90 Å². The smallest absolute Gasteiger partial charge is 0.153 e. The highest BCUT2D eigenvalue weighted by molar-refractivity contribution is 5.81. The summed E-state index contributed by atoms with van der Waals surface area (Å²) >= 11 is 0. The molecular weight excluding hydrogens is 190 g/mol. The number of nitrogens with zero attached hydrogens (tertiary/aromatic N) is 1. The quantitative estimate of drug-likeness (QED) is 0.745. The van der Waals surface area contributed by atoms with E-state index in [4.69, 9.17) is 5.26 Å². The Balaban J connectivity index is 2.62. The lowest BCUT2D eigenvalue weighted by Crippen LogP contribution is -2.05. The lowest BCUT2D eigenvalue weighted by molar-refractivity contribution is 0.112. The van der Waals surface area contributed by atoms with Gasteiger partial charge in [-0.15, -0.1) is 0 Å². The highest BCUT2D eigenvalue weighted by atomic mass is 16.3. The Hall–Kier alpha value is -1.82. The van der Waals surface area contributed by atoms with E-state index in [0.29, 0.717) is 11.8 Å². The molecule has 1 saturated carbocycles. The van der Waals surface area contributed by atoms with Gasteiger partial charge >= 0.3 is 0 Å². The van der Waals surface area contributed by atoms with Crippen molar-refractivity contribution >= 4 is 6.29 Å². The summed E-state index contributed by atoms with van der Waals surface area (Å²) in [7, 11) is 0. The maximum atomic E-state index is 10.7. The number of hydrogen-bond acceptors (Lipinski definition) is 3. The van der Waals surface area contributed by atoms with E-state index in [0.717, 1.165) is 18.4 Å². The molecule has 0 atom stereocenters. The predicted molar refractivity (Wildman–Crippen MR) is 54.8 cm³/mol. The second-order valence-electron chi connectivity index (χ2n) is 4.06. The van der Waals surface area contributed by atoms with Crippen molar-refractivity contribution in [3.8, 4) is 11.8 Å². The highest BCUT2D eigenvalue weighted by Gasteiger charge is 2.47. The minimum absolute atomic E-state index is 0.0327. The van der Waals surface area contributed by atoms with Crippen LogP contribution in [0.5, 0.6) is 5.75 Å². The van der Waals surface area contributed by atoms with Gasteiger partial charge in [0.05, 0.1) is 17.0 Å². The summed E-state index contributed by atoms with van der Waals surface area (Å²) in [4.78, 5) is 10.7. The molecule has 1 aromatic rings. The summed E-state index contributed by atoms with van der Waals surface area (Å²) in [6, 6.07) is 5.63. The van der Waals surface area contributed by atoms with Gasteiger partial charge in [0.1, 0.15) is 5.75 Å². The molecule has 0 heterocycles. The molecule has 0 radical (unpaired) electrons. The van der Waals surface area contributed by atoms with Crippen LogP contribution in [0.15, 0.2) is 12.1 Å². The Morgan fingerprint density at radius 1 is 1.53 bits per heavy atom. The minimum Gasteiger partial charge on any atom is -0.507 e. The molecule has 76 valence electrons. The number of aromatic hydroxyl groups is 1. The van der Waals surface area contributed by atoms with Gasteiger partial charge in [0.25, 0.3) is 0 Å². The molecule has 0 saturated heterocycles. The van der Waals surface area contributed by atoms with Crippen molar-refractivity contribution in [1.82, 2.24) is 0 Å². The molecule has 15 heavy (non-hydrogen) atoms. The molecule has 3 heteroatoms. The molecule has 3 nitrogen and oxygen atoms in total. The van der Waals surface area contributed by atoms with Crippen LogP contribution in [0.25, 0.3) is 0 Å². The van der Waals surface area contributed by atoms with E-state index in [-0.39, 0.29) is 11.3 Å². The molecule has 1 aromatic carbocycles. The van der Waals surface area contributed by atoms with Gasteiger partial charge in [0, 0.05) is 5.56 Å². The van der Waals surface area contributed by atoms with Crippen LogP contribution in [0, 0.1) is 18.3 Å². The lowest BCUT2D eigenvalue weighted by atomic mass is 9.93. The summed E-state index contributed by atoms with van der Waals surface area (Å²) in [5, 5.41) is 18.9. The van der Waals surface area contributed by atoms with Gasteiger partial charge < -0.3 is 5.11 Å². The van der Waals surface area contributed by atoms with Gasteiger partial charge in [0.2, 0.25) is 0 Å². The summed E-state index contributed by atoms with van der Waals surface area (Å²) in [6.45, 7) is 1.85. The molecule has 2 rings (SSSR count). The molecule has 0 amide bonds. The molecule has 1 fully saturated rings. The summed E-state index contributed by atoms with van der Waals surface area (Å²) in [6.07, 6.45) is 2.15. The number of carbonyl (C=O) groups excluding carboxylic acids is 1. The zero-order valence-corrected chi connectivity index (χ0v) is 8.45.